The van der Waals surface area contributed by atoms with Crippen LogP contribution in [0, 0.1) is 0 Å². The van der Waals surface area contributed by atoms with E-state index < -0.39 is 0 Å². The first kappa shape index (κ1) is 8.62. The van der Waals surface area contributed by atoms with E-state index in [2.05, 4.69) is 17.2 Å². The van der Waals surface area contributed by atoms with E-state index in [0.717, 1.165) is 11.8 Å². The second-order valence-electron chi connectivity index (χ2n) is 2.28. The smallest absolute Gasteiger partial charge is 0.255 e. The molecule has 0 aliphatic heterocycles. The van der Waals surface area contributed by atoms with E-state index in [1.54, 1.807) is 24.2 Å². The molecule has 1 aromatic rings. The Morgan fingerprint density at radius 1 is 1.82 bits per heavy atom. The molecule has 1 rings (SSSR count). The molecule has 1 N–H and O–H groups in total. The van der Waals surface area contributed by atoms with Gasteiger partial charge in [0.05, 0.1) is 6.20 Å². The molecule has 1 atom stereocenters. The second-order valence-corrected chi connectivity index (χ2v) is 3.67. The van der Waals surface area contributed by atoms with Gasteiger partial charge in [-0.25, -0.2) is 4.98 Å². The number of nitrogens with zero attached hydrogens (tertiary/aromatic N) is 1. The number of nitrogens with one attached hydrogen (secondary N) is 1. The van der Waals surface area contributed by atoms with E-state index in [1.165, 1.54) is 0 Å². The standard InChI is InChI=1S/C7H12N2OS/c1-6(5-8-2)11-7-9-3-4-10-7/h3-4,6,8H,5H2,1-2H3. The highest BCUT2D eigenvalue weighted by atomic mass is 32.2. The molecule has 11 heavy (non-hydrogen) atoms. The molecule has 0 saturated carbocycles. The van der Waals surface area contributed by atoms with E-state index in [9.17, 15) is 0 Å². The van der Waals surface area contributed by atoms with Gasteiger partial charge < -0.3 is 9.73 Å². The third-order valence-electron chi connectivity index (χ3n) is 1.20. The molecule has 0 saturated heterocycles. The highest BCUT2D eigenvalue weighted by Gasteiger charge is 2.05. The van der Waals surface area contributed by atoms with Crippen molar-refractivity contribution in [1.82, 2.24) is 10.3 Å². The Morgan fingerprint density at radius 2 is 2.64 bits per heavy atom. The molecule has 0 spiro atoms. The Bertz CT molecular complexity index is 188. The average Bonchev–Trinajstić information content (AvgIpc) is 2.40. The molecular formula is C7H12N2OS. The summed E-state index contributed by atoms with van der Waals surface area (Å²) in [5, 5.41) is 4.33. The monoisotopic (exact) mass is 172 g/mol. The van der Waals surface area contributed by atoms with Gasteiger partial charge in [-0.1, -0.05) is 18.7 Å². The summed E-state index contributed by atoms with van der Waals surface area (Å²) in [4.78, 5) is 4.01. The highest BCUT2D eigenvalue weighted by molar-refractivity contribution is 7.99. The van der Waals surface area contributed by atoms with Crippen LogP contribution in [0.4, 0.5) is 0 Å². The minimum atomic E-state index is 0.499. The van der Waals surface area contributed by atoms with Crippen molar-refractivity contribution in [3.63, 3.8) is 0 Å². The molecule has 1 heterocycles. The van der Waals surface area contributed by atoms with Gasteiger partial charge in [0, 0.05) is 11.8 Å². The van der Waals surface area contributed by atoms with E-state index in [1.807, 2.05) is 7.05 Å². The molecule has 0 aliphatic rings. The van der Waals surface area contributed by atoms with Crippen LogP contribution in [0.15, 0.2) is 22.1 Å². The quantitative estimate of drug-likeness (QED) is 0.696. The van der Waals surface area contributed by atoms with Crippen molar-refractivity contribution < 1.29 is 4.42 Å². The minimum Gasteiger partial charge on any atom is -0.440 e. The fraction of sp³-hybridized carbons (Fsp3) is 0.571. The summed E-state index contributed by atoms with van der Waals surface area (Å²) in [6.45, 7) is 3.10. The fourth-order valence-corrected chi connectivity index (χ4v) is 1.60. The van der Waals surface area contributed by atoms with Gasteiger partial charge in [0.1, 0.15) is 6.26 Å². The molecule has 4 heteroatoms. The highest BCUT2D eigenvalue weighted by Crippen LogP contribution is 2.19. The predicted octanol–water partition coefficient (Wildman–Crippen LogP) is 1.37. The average molecular weight is 172 g/mol. The number of thioether (sulfide) groups is 1. The summed E-state index contributed by atoms with van der Waals surface area (Å²) in [6.07, 6.45) is 3.25. The lowest BCUT2D eigenvalue weighted by atomic mass is 10.5. The molecule has 3 nitrogen and oxygen atoms in total. The third kappa shape index (κ3) is 2.95. The Morgan fingerprint density at radius 3 is 3.18 bits per heavy atom. The topological polar surface area (TPSA) is 38.1 Å². The Hall–Kier alpha value is -0.480. The first-order valence-electron chi connectivity index (χ1n) is 3.53. The summed E-state index contributed by atoms with van der Waals surface area (Å²) >= 11 is 1.63. The largest absolute Gasteiger partial charge is 0.440 e. The maximum Gasteiger partial charge on any atom is 0.255 e. The van der Waals surface area contributed by atoms with Gasteiger partial charge in [0.25, 0.3) is 5.22 Å². The van der Waals surface area contributed by atoms with Gasteiger partial charge in [-0.2, -0.15) is 0 Å². The summed E-state index contributed by atoms with van der Waals surface area (Å²) < 4.78 is 5.07. The van der Waals surface area contributed by atoms with Crippen molar-refractivity contribution >= 4 is 11.8 Å². The number of hydrogen-bond acceptors (Lipinski definition) is 4. The van der Waals surface area contributed by atoms with Crippen LogP contribution in [-0.4, -0.2) is 23.8 Å². The van der Waals surface area contributed by atoms with Gasteiger partial charge in [-0.3, -0.25) is 0 Å². The van der Waals surface area contributed by atoms with E-state index in [0.29, 0.717) is 5.25 Å². The predicted molar refractivity (Wildman–Crippen MR) is 45.7 cm³/mol. The summed E-state index contributed by atoms with van der Waals surface area (Å²) in [6, 6.07) is 0. The third-order valence-corrected chi connectivity index (χ3v) is 2.18. The summed E-state index contributed by atoms with van der Waals surface area (Å²) in [5.74, 6) is 0. The molecule has 1 aromatic heterocycles. The van der Waals surface area contributed by atoms with Crippen molar-refractivity contribution in [3.8, 4) is 0 Å². The van der Waals surface area contributed by atoms with Crippen LogP contribution in [0.2, 0.25) is 0 Å². The first-order valence-corrected chi connectivity index (χ1v) is 4.41. The maximum atomic E-state index is 5.07. The molecule has 0 aliphatic carbocycles. The minimum absolute atomic E-state index is 0.499. The van der Waals surface area contributed by atoms with Crippen molar-refractivity contribution in [3.05, 3.63) is 12.5 Å². The van der Waals surface area contributed by atoms with Crippen LogP contribution in [0.3, 0.4) is 0 Å². The van der Waals surface area contributed by atoms with Gasteiger partial charge in [0.15, 0.2) is 0 Å². The zero-order valence-corrected chi connectivity index (χ0v) is 7.52. The molecule has 0 bridgehead atoms. The van der Waals surface area contributed by atoms with Crippen LogP contribution >= 0.6 is 11.8 Å². The van der Waals surface area contributed by atoms with Crippen LogP contribution in [0.5, 0.6) is 0 Å². The number of oxazole rings is 1. The lowest BCUT2D eigenvalue weighted by molar-refractivity contribution is 0.453. The molecule has 0 amide bonds. The lowest BCUT2D eigenvalue weighted by Crippen LogP contribution is -2.17. The second kappa shape index (κ2) is 4.41. The number of rotatable bonds is 4. The van der Waals surface area contributed by atoms with Gasteiger partial charge in [-0.15, -0.1) is 0 Å². The number of aromatic nitrogens is 1. The van der Waals surface area contributed by atoms with Crippen molar-refractivity contribution in [2.75, 3.05) is 13.6 Å². The molecule has 0 fully saturated rings. The maximum absolute atomic E-state index is 5.07. The van der Waals surface area contributed by atoms with E-state index in [4.69, 9.17) is 4.42 Å². The molecule has 1 unspecified atom stereocenters. The normalized spacial score (nSPS) is 13.3. The number of hydrogen-bond donors (Lipinski definition) is 1. The van der Waals surface area contributed by atoms with Crippen LogP contribution in [-0.2, 0) is 0 Å². The van der Waals surface area contributed by atoms with Gasteiger partial charge in [-0.05, 0) is 7.05 Å². The van der Waals surface area contributed by atoms with Crippen LogP contribution in [0.1, 0.15) is 6.92 Å². The molecule has 0 radical (unpaired) electrons. The zero-order valence-electron chi connectivity index (χ0n) is 6.70. The zero-order chi connectivity index (χ0) is 8.10. The lowest BCUT2D eigenvalue weighted by Gasteiger charge is -2.05. The van der Waals surface area contributed by atoms with Crippen molar-refractivity contribution in [1.29, 1.82) is 0 Å². The Balaban J connectivity index is 2.31. The van der Waals surface area contributed by atoms with Crippen molar-refractivity contribution in [2.45, 2.75) is 17.4 Å². The molecular weight excluding hydrogens is 160 g/mol. The SMILES string of the molecule is CNCC(C)Sc1ncco1. The molecule has 0 aromatic carbocycles. The van der Waals surface area contributed by atoms with Gasteiger partial charge in [0.2, 0.25) is 0 Å². The summed E-state index contributed by atoms with van der Waals surface area (Å²) in [5.41, 5.74) is 0. The fourth-order valence-electron chi connectivity index (χ4n) is 0.770. The van der Waals surface area contributed by atoms with Crippen LogP contribution in [0.25, 0.3) is 0 Å². The summed E-state index contributed by atoms with van der Waals surface area (Å²) in [7, 11) is 1.94. The Kier molecular flexibility index (Phi) is 3.45. The first-order chi connectivity index (χ1) is 5.33. The molecule has 62 valence electrons. The van der Waals surface area contributed by atoms with E-state index >= 15 is 0 Å². The van der Waals surface area contributed by atoms with Gasteiger partial charge >= 0.3 is 0 Å². The van der Waals surface area contributed by atoms with Crippen LogP contribution < -0.4 is 5.32 Å². The Labute approximate surface area is 70.6 Å². The van der Waals surface area contributed by atoms with E-state index in [-0.39, 0.29) is 0 Å². The van der Waals surface area contributed by atoms with Crippen molar-refractivity contribution in [2.24, 2.45) is 0 Å².